The second-order valence-corrected chi connectivity index (χ2v) is 4.68. The fourth-order valence-corrected chi connectivity index (χ4v) is 2.21. The van der Waals surface area contributed by atoms with Crippen molar-refractivity contribution in [1.29, 1.82) is 0 Å². The summed E-state index contributed by atoms with van der Waals surface area (Å²) < 4.78 is 12.8. The molecule has 0 spiro atoms. The summed E-state index contributed by atoms with van der Waals surface area (Å²) in [7, 11) is 1.71. The highest BCUT2D eigenvalue weighted by Crippen LogP contribution is 2.34. The van der Waals surface area contributed by atoms with Gasteiger partial charge in [-0.25, -0.2) is 4.98 Å². The molecule has 0 bridgehead atoms. The van der Waals surface area contributed by atoms with Crippen LogP contribution in [-0.2, 0) is 16.0 Å². The Labute approximate surface area is 108 Å². The van der Waals surface area contributed by atoms with Crippen LogP contribution in [0.4, 0.5) is 0 Å². The molecule has 0 radical (unpaired) electrons. The van der Waals surface area contributed by atoms with Crippen LogP contribution >= 0.6 is 0 Å². The van der Waals surface area contributed by atoms with E-state index in [1.54, 1.807) is 7.11 Å². The van der Waals surface area contributed by atoms with Gasteiger partial charge in [-0.2, -0.15) is 0 Å². The fourth-order valence-electron chi connectivity index (χ4n) is 2.21. The van der Waals surface area contributed by atoms with Crippen LogP contribution in [0, 0.1) is 0 Å². The van der Waals surface area contributed by atoms with Gasteiger partial charge in [0.15, 0.2) is 0 Å². The van der Waals surface area contributed by atoms with Gasteiger partial charge in [0.1, 0.15) is 0 Å². The summed E-state index contributed by atoms with van der Waals surface area (Å²) >= 11 is 0. The van der Waals surface area contributed by atoms with Crippen molar-refractivity contribution in [2.45, 2.75) is 38.5 Å². The molecule has 2 rings (SSSR count). The topological polar surface area (TPSA) is 48.3 Å². The number of aromatic nitrogens is 2. The monoisotopic (exact) mass is 253 g/mol. The molecule has 0 saturated heterocycles. The Bertz CT molecular complexity index is 348. The van der Waals surface area contributed by atoms with E-state index in [2.05, 4.69) is 21.1 Å². The van der Waals surface area contributed by atoms with Crippen molar-refractivity contribution in [3.8, 4) is 0 Å². The first kappa shape index (κ1) is 13.5. The zero-order valence-electron chi connectivity index (χ0n) is 11.3. The maximum absolute atomic E-state index is 5.57. The summed E-state index contributed by atoms with van der Waals surface area (Å²) in [6, 6.07) is 0.571. The van der Waals surface area contributed by atoms with Crippen molar-refractivity contribution in [1.82, 2.24) is 14.9 Å². The van der Waals surface area contributed by atoms with E-state index in [1.165, 1.54) is 0 Å². The quantitative estimate of drug-likeness (QED) is 0.711. The van der Waals surface area contributed by atoms with Crippen molar-refractivity contribution in [3.05, 3.63) is 18.2 Å². The van der Waals surface area contributed by atoms with Crippen LogP contribution in [0.3, 0.4) is 0 Å². The number of imidazole rings is 1. The number of methoxy groups -OCH3 is 1. The van der Waals surface area contributed by atoms with Crippen molar-refractivity contribution >= 4 is 0 Å². The molecule has 5 heteroatoms. The molecule has 0 aliphatic heterocycles. The first-order chi connectivity index (χ1) is 8.83. The zero-order valence-corrected chi connectivity index (χ0v) is 11.3. The van der Waals surface area contributed by atoms with Gasteiger partial charge in [-0.3, -0.25) is 0 Å². The summed E-state index contributed by atoms with van der Waals surface area (Å²) in [4.78, 5) is 4.41. The Morgan fingerprint density at radius 2 is 2.33 bits per heavy atom. The highest BCUT2D eigenvalue weighted by molar-refractivity contribution is 5.00. The third-order valence-corrected chi connectivity index (χ3v) is 3.34. The molecule has 0 aromatic carbocycles. The molecule has 0 amide bonds. The van der Waals surface area contributed by atoms with Crippen LogP contribution in [0.5, 0.6) is 0 Å². The number of ether oxygens (including phenoxy) is 2. The Kier molecular flexibility index (Phi) is 5.16. The number of rotatable bonds is 8. The zero-order chi connectivity index (χ0) is 12.8. The number of nitrogens with zero attached hydrogens (tertiary/aromatic N) is 2. The maximum Gasteiger partial charge on any atom is 0.0952 e. The van der Waals surface area contributed by atoms with Crippen LogP contribution in [0.2, 0.25) is 0 Å². The van der Waals surface area contributed by atoms with Gasteiger partial charge < -0.3 is 19.4 Å². The largest absolute Gasteiger partial charge is 0.383 e. The third kappa shape index (κ3) is 3.54. The van der Waals surface area contributed by atoms with E-state index in [-0.39, 0.29) is 0 Å². The van der Waals surface area contributed by atoms with Crippen molar-refractivity contribution in [2.75, 3.05) is 26.9 Å². The van der Waals surface area contributed by atoms with Crippen molar-refractivity contribution < 1.29 is 9.47 Å². The van der Waals surface area contributed by atoms with Crippen LogP contribution in [0.25, 0.3) is 0 Å². The first-order valence-electron chi connectivity index (χ1n) is 6.67. The summed E-state index contributed by atoms with van der Waals surface area (Å²) in [5, 5.41) is 3.29. The van der Waals surface area contributed by atoms with Gasteiger partial charge in [0.05, 0.1) is 24.7 Å². The Morgan fingerprint density at radius 1 is 1.50 bits per heavy atom. The van der Waals surface area contributed by atoms with Gasteiger partial charge in [0, 0.05) is 39.0 Å². The highest BCUT2D eigenvalue weighted by Gasteiger charge is 2.30. The van der Waals surface area contributed by atoms with E-state index in [0.717, 1.165) is 44.8 Å². The molecule has 102 valence electrons. The molecule has 0 atom stereocenters. The SMILES string of the molecule is CCOC1CC(n2cnc(CNCCOC)c2)C1. The van der Waals surface area contributed by atoms with Gasteiger partial charge in [-0.1, -0.05) is 0 Å². The van der Waals surface area contributed by atoms with Crippen LogP contribution in [-0.4, -0.2) is 42.5 Å². The van der Waals surface area contributed by atoms with E-state index < -0.39 is 0 Å². The summed E-state index contributed by atoms with van der Waals surface area (Å²) in [5.41, 5.74) is 1.09. The smallest absolute Gasteiger partial charge is 0.0952 e. The van der Waals surface area contributed by atoms with Gasteiger partial charge >= 0.3 is 0 Å². The van der Waals surface area contributed by atoms with Crippen molar-refractivity contribution in [2.24, 2.45) is 0 Å². The lowest BCUT2D eigenvalue weighted by molar-refractivity contribution is -0.0197. The van der Waals surface area contributed by atoms with E-state index in [0.29, 0.717) is 12.1 Å². The standard InChI is InChI=1S/C13H23N3O2/c1-3-18-13-6-12(7-13)16-9-11(15-10-16)8-14-4-5-17-2/h9-10,12-14H,3-8H2,1-2H3. The Morgan fingerprint density at radius 3 is 3.06 bits per heavy atom. The molecule has 1 heterocycles. The third-order valence-electron chi connectivity index (χ3n) is 3.34. The maximum atomic E-state index is 5.57. The molecule has 1 saturated carbocycles. The minimum absolute atomic E-state index is 0.450. The molecular weight excluding hydrogens is 230 g/mol. The van der Waals surface area contributed by atoms with Crippen LogP contribution in [0.1, 0.15) is 31.5 Å². The average molecular weight is 253 g/mol. The molecule has 1 aromatic heterocycles. The number of hydrogen-bond donors (Lipinski definition) is 1. The first-order valence-corrected chi connectivity index (χ1v) is 6.67. The molecule has 1 fully saturated rings. The molecule has 0 unspecified atom stereocenters. The van der Waals surface area contributed by atoms with Gasteiger partial charge in [0.2, 0.25) is 0 Å². The minimum Gasteiger partial charge on any atom is -0.383 e. The second-order valence-electron chi connectivity index (χ2n) is 4.68. The Hall–Kier alpha value is -0.910. The normalized spacial score (nSPS) is 23.0. The van der Waals surface area contributed by atoms with Gasteiger partial charge in [-0.05, 0) is 19.8 Å². The molecular formula is C13H23N3O2. The van der Waals surface area contributed by atoms with Crippen molar-refractivity contribution in [3.63, 3.8) is 0 Å². The summed E-state index contributed by atoms with van der Waals surface area (Å²) in [5.74, 6) is 0. The average Bonchev–Trinajstić information content (AvgIpc) is 2.77. The highest BCUT2D eigenvalue weighted by atomic mass is 16.5. The number of nitrogens with one attached hydrogen (secondary N) is 1. The molecule has 1 aromatic rings. The summed E-state index contributed by atoms with van der Waals surface area (Å²) in [6.07, 6.45) is 6.74. The molecule has 1 N–H and O–H groups in total. The van der Waals surface area contributed by atoms with Gasteiger partial charge in [-0.15, -0.1) is 0 Å². The van der Waals surface area contributed by atoms with Crippen LogP contribution in [0.15, 0.2) is 12.5 Å². The Balaban J connectivity index is 1.70. The minimum atomic E-state index is 0.450. The van der Waals surface area contributed by atoms with Gasteiger partial charge in [0.25, 0.3) is 0 Å². The molecule has 5 nitrogen and oxygen atoms in total. The second kappa shape index (κ2) is 6.87. The predicted octanol–water partition coefficient (Wildman–Crippen LogP) is 1.36. The molecule has 18 heavy (non-hydrogen) atoms. The van der Waals surface area contributed by atoms with E-state index >= 15 is 0 Å². The molecule has 1 aliphatic carbocycles. The lowest BCUT2D eigenvalue weighted by Gasteiger charge is -2.35. The van der Waals surface area contributed by atoms with Crippen LogP contribution < -0.4 is 5.32 Å². The fraction of sp³-hybridized carbons (Fsp3) is 0.769. The van der Waals surface area contributed by atoms with E-state index in [1.807, 2.05) is 13.3 Å². The number of hydrogen-bond acceptors (Lipinski definition) is 4. The lowest BCUT2D eigenvalue weighted by Crippen LogP contribution is -2.32. The predicted molar refractivity (Wildman–Crippen MR) is 69.5 cm³/mol. The lowest BCUT2D eigenvalue weighted by atomic mass is 9.89. The van der Waals surface area contributed by atoms with E-state index in [4.69, 9.17) is 9.47 Å². The molecule has 1 aliphatic rings. The van der Waals surface area contributed by atoms with E-state index in [9.17, 15) is 0 Å². The summed E-state index contributed by atoms with van der Waals surface area (Å²) in [6.45, 7) is 5.26.